The molecule has 2 aromatic heterocycles. The van der Waals surface area contributed by atoms with Gasteiger partial charge in [-0.25, -0.2) is 0 Å². The van der Waals surface area contributed by atoms with Gasteiger partial charge in [-0.05, 0) is 126 Å². The maximum atomic E-state index is 14.9. The van der Waals surface area contributed by atoms with Crippen LogP contribution in [0.3, 0.4) is 0 Å². The number of rotatable bonds is 4. The molecule has 0 radical (unpaired) electrons. The maximum Gasteiger partial charge on any atom is 0.399 e. The van der Waals surface area contributed by atoms with Gasteiger partial charge in [-0.3, -0.25) is 9.98 Å². The summed E-state index contributed by atoms with van der Waals surface area (Å²) in [4.78, 5) is 15.7. The minimum Gasteiger partial charge on any atom is -0.359 e. The zero-order valence-corrected chi connectivity index (χ0v) is 23.3. The molecule has 196 valence electrons. The van der Waals surface area contributed by atoms with Crippen LogP contribution in [0.1, 0.15) is 92.5 Å². The second kappa shape index (κ2) is 9.19. The first kappa shape index (κ1) is 26.7. The number of hydrogen-bond acceptors (Lipinski definition) is 2. The highest BCUT2D eigenvalue weighted by molar-refractivity contribution is 6.04. The molecule has 0 amide bonds. The summed E-state index contributed by atoms with van der Waals surface area (Å²) in [5.41, 5.74) is 11.7. The molecule has 37 heavy (non-hydrogen) atoms. The summed E-state index contributed by atoms with van der Waals surface area (Å²) in [5, 5.41) is 0. The van der Waals surface area contributed by atoms with Gasteiger partial charge in [0.15, 0.2) is 0 Å². The molecule has 7 heteroatoms. The first-order valence-corrected chi connectivity index (χ1v) is 12.5. The molecule has 0 aliphatic carbocycles. The number of hydrogen-bond donors (Lipinski definition) is 2. The Hall–Kier alpha value is -3.35. The molecule has 0 aromatic carbocycles. The normalized spacial score (nSPS) is 18.9. The minimum atomic E-state index is -4.48. The Morgan fingerprint density at radius 3 is 1.22 bits per heavy atom. The monoisotopic (exact) mass is 508 g/mol. The fraction of sp³-hybridized carbons (Fsp3) is 0.400. The number of nitrogens with one attached hydrogen (secondary N) is 2. The summed E-state index contributed by atoms with van der Waals surface area (Å²) in [5.74, 6) is -1.77. The van der Waals surface area contributed by atoms with Crippen LogP contribution in [0.25, 0.3) is 12.2 Å². The first-order chi connectivity index (χ1) is 17.1. The van der Waals surface area contributed by atoms with E-state index in [1.54, 1.807) is 27.7 Å². The fourth-order valence-electron chi connectivity index (χ4n) is 5.38. The summed E-state index contributed by atoms with van der Waals surface area (Å²) < 4.78 is 44.6. The van der Waals surface area contributed by atoms with Gasteiger partial charge in [0.05, 0.1) is 11.4 Å². The van der Waals surface area contributed by atoms with E-state index in [1.807, 2.05) is 53.7 Å². The standard InChI is InChI=1S/C30H35F3N4/c1-13-15(3)23(34-19(13)7)11-25-17(5)27(21(9)36-25)29(30(31,32)33)28-18(6)26(37-22(28)10)12-24-16(4)14(2)20(8)35-24/h11-12,29,36-37H,1-10H3/b23-11-,24-12-. The summed E-state index contributed by atoms with van der Waals surface area (Å²) in [6.07, 6.45) is -0.758. The number of halogens is 3. The van der Waals surface area contributed by atoms with E-state index in [-0.39, 0.29) is 11.1 Å². The Kier molecular flexibility index (Phi) is 6.63. The highest BCUT2D eigenvalue weighted by Crippen LogP contribution is 2.47. The third-order valence-electron chi connectivity index (χ3n) is 8.09. The Bertz CT molecular complexity index is 1390. The Balaban J connectivity index is 1.86. The molecule has 0 spiro atoms. The lowest BCUT2D eigenvalue weighted by Crippen LogP contribution is -2.24. The molecule has 0 unspecified atom stereocenters. The van der Waals surface area contributed by atoms with Crippen molar-refractivity contribution in [3.63, 3.8) is 0 Å². The van der Waals surface area contributed by atoms with Crippen molar-refractivity contribution in [2.75, 3.05) is 0 Å². The molecule has 0 atom stereocenters. The van der Waals surface area contributed by atoms with Gasteiger partial charge >= 0.3 is 6.18 Å². The number of aromatic amines is 2. The van der Waals surface area contributed by atoms with E-state index in [4.69, 9.17) is 0 Å². The lowest BCUT2D eigenvalue weighted by Gasteiger charge is -2.23. The number of H-pyrrole nitrogens is 2. The van der Waals surface area contributed by atoms with Crippen molar-refractivity contribution < 1.29 is 13.2 Å². The summed E-state index contributed by atoms with van der Waals surface area (Å²) in [6.45, 7) is 18.8. The van der Waals surface area contributed by atoms with Crippen LogP contribution in [0, 0.1) is 27.7 Å². The van der Waals surface area contributed by atoms with Crippen LogP contribution >= 0.6 is 0 Å². The van der Waals surface area contributed by atoms with Gasteiger partial charge in [0.25, 0.3) is 0 Å². The van der Waals surface area contributed by atoms with Crippen molar-refractivity contribution in [2.24, 2.45) is 9.98 Å². The number of aliphatic imine (C=N–C) groups is 2. The van der Waals surface area contributed by atoms with E-state index in [2.05, 4.69) is 20.0 Å². The second-order valence-electron chi connectivity index (χ2n) is 10.3. The molecule has 4 rings (SSSR count). The molecule has 2 N–H and O–H groups in total. The number of alkyl halides is 3. The molecular weight excluding hydrogens is 473 g/mol. The van der Waals surface area contributed by atoms with Gasteiger partial charge in [-0.15, -0.1) is 0 Å². The van der Waals surface area contributed by atoms with Crippen LogP contribution in [-0.2, 0) is 0 Å². The Morgan fingerprint density at radius 2 is 0.946 bits per heavy atom. The molecule has 0 saturated carbocycles. The van der Waals surface area contributed by atoms with Crippen molar-refractivity contribution in [3.8, 4) is 0 Å². The average Bonchev–Trinajstić information content (AvgIpc) is 3.41. The highest BCUT2D eigenvalue weighted by atomic mass is 19.4. The third kappa shape index (κ3) is 4.49. The number of aromatic nitrogens is 2. The molecule has 2 aromatic rings. The molecular formula is C30H35F3N4. The lowest BCUT2D eigenvalue weighted by atomic mass is 9.85. The van der Waals surface area contributed by atoms with Crippen molar-refractivity contribution in [1.82, 2.24) is 9.97 Å². The minimum absolute atomic E-state index is 0.266. The summed E-state index contributed by atoms with van der Waals surface area (Å²) in [6, 6.07) is 0. The van der Waals surface area contributed by atoms with E-state index in [0.717, 1.165) is 45.1 Å². The van der Waals surface area contributed by atoms with E-state index in [9.17, 15) is 13.2 Å². The average molecular weight is 509 g/mol. The quantitative estimate of drug-likeness (QED) is 0.416. The fourth-order valence-corrected chi connectivity index (χ4v) is 5.38. The van der Waals surface area contributed by atoms with E-state index in [1.165, 1.54) is 0 Å². The van der Waals surface area contributed by atoms with Gasteiger partial charge in [0, 0.05) is 34.2 Å². The predicted molar refractivity (Wildman–Crippen MR) is 147 cm³/mol. The number of allylic oxidation sites excluding steroid dienone is 4. The third-order valence-corrected chi connectivity index (χ3v) is 8.09. The van der Waals surface area contributed by atoms with Crippen LogP contribution < -0.4 is 0 Å². The van der Waals surface area contributed by atoms with Gasteiger partial charge in [-0.1, -0.05) is 0 Å². The SMILES string of the molecule is CC1=N/C(=C\c2[nH]c(C)c(C(c3c(C)[nH]c(/C=C4\N=C(C)C(C)=C4C)c3C)C(F)(F)F)c2C)C(C)=C1C. The molecule has 4 heterocycles. The van der Waals surface area contributed by atoms with Crippen LogP contribution in [-0.4, -0.2) is 27.6 Å². The molecule has 2 aliphatic heterocycles. The molecule has 0 bridgehead atoms. The van der Waals surface area contributed by atoms with Crippen LogP contribution in [0.4, 0.5) is 13.2 Å². The largest absolute Gasteiger partial charge is 0.399 e. The highest BCUT2D eigenvalue weighted by Gasteiger charge is 2.46. The number of nitrogens with zero attached hydrogens (tertiary/aromatic N) is 2. The van der Waals surface area contributed by atoms with E-state index in [0.29, 0.717) is 33.9 Å². The molecule has 2 aliphatic rings. The maximum absolute atomic E-state index is 14.9. The zero-order chi connectivity index (χ0) is 27.6. The Labute approximate surface area is 216 Å². The van der Waals surface area contributed by atoms with Crippen molar-refractivity contribution in [2.45, 2.75) is 81.3 Å². The zero-order valence-electron chi connectivity index (χ0n) is 23.3. The van der Waals surface area contributed by atoms with Crippen LogP contribution in [0.2, 0.25) is 0 Å². The van der Waals surface area contributed by atoms with E-state index < -0.39 is 12.1 Å². The van der Waals surface area contributed by atoms with E-state index >= 15 is 0 Å². The summed E-state index contributed by atoms with van der Waals surface area (Å²) >= 11 is 0. The topological polar surface area (TPSA) is 56.3 Å². The van der Waals surface area contributed by atoms with Crippen molar-refractivity contribution >= 4 is 23.6 Å². The first-order valence-electron chi connectivity index (χ1n) is 12.5. The van der Waals surface area contributed by atoms with Gasteiger partial charge in [0.1, 0.15) is 5.92 Å². The molecule has 0 fully saturated rings. The van der Waals surface area contributed by atoms with Gasteiger partial charge < -0.3 is 9.97 Å². The molecule has 4 nitrogen and oxygen atoms in total. The smallest absolute Gasteiger partial charge is 0.359 e. The van der Waals surface area contributed by atoms with Crippen LogP contribution in [0.15, 0.2) is 43.7 Å². The van der Waals surface area contributed by atoms with Gasteiger partial charge in [0.2, 0.25) is 0 Å². The van der Waals surface area contributed by atoms with Gasteiger partial charge in [-0.2, -0.15) is 13.2 Å². The van der Waals surface area contributed by atoms with Crippen molar-refractivity contribution in [1.29, 1.82) is 0 Å². The Morgan fingerprint density at radius 1 is 0.595 bits per heavy atom. The summed E-state index contributed by atoms with van der Waals surface area (Å²) in [7, 11) is 0. The molecule has 0 saturated heterocycles. The number of aryl methyl sites for hydroxylation is 2. The van der Waals surface area contributed by atoms with Crippen molar-refractivity contribution in [3.05, 3.63) is 78.7 Å². The lowest BCUT2D eigenvalue weighted by molar-refractivity contribution is -0.141. The predicted octanol–water partition coefficient (Wildman–Crippen LogP) is 8.57. The second-order valence-corrected chi connectivity index (χ2v) is 10.3. The van der Waals surface area contributed by atoms with Crippen LogP contribution in [0.5, 0.6) is 0 Å².